The topological polar surface area (TPSA) is 89.3 Å². The zero-order valence-electron chi connectivity index (χ0n) is 19.6. The molecule has 1 saturated heterocycles. The summed E-state index contributed by atoms with van der Waals surface area (Å²) < 4.78 is 0. The Morgan fingerprint density at radius 2 is 1.83 bits per heavy atom. The molecule has 4 rings (SSSR count). The van der Waals surface area contributed by atoms with Gasteiger partial charge in [0.2, 0.25) is 5.91 Å². The minimum atomic E-state index is -0.129. The van der Waals surface area contributed by atoms with E-state index in [1.807, 2.05) is 30.3 Å². The van der Waals surface area contributed by atoms with Crippen LogP contribution in [0.1, 0.15) is 45.9 Å². The molecule has 0 saturated carbocycles. The van der Waals surface area contributed by atoms with Crippen molar-refractivity contribution in [2.24, 2.45) is 0 Å². The highest BCUT2D eigenvalue weighted by Crippen LogP contribution is 2.27. The lowest BCUT2D eigenvalue weighted by atomic mass is 10.00. The quantitative estimate of drug-likeness (QED) is 0.634. The van der Waals surface area contributed by atoms with Crippen molar-refractivity contribution in [1.82, 2.24) is 20.1 Å². The van der Waals surface area contributed by atoms with Crippen LogP contribution >= 0.6 is 0 Å². The minimum absolute atomic E-state index is 0.0423. The zero-order valence-corrected chi connectivity index (χ0v) is 19.6. The van der Waals surface area contributed by atoms with Crippen molar-refractivity contribution in [2.45, 2.75) is 25.4 Å². The highest BCUT2D eigenvalue weighted by Gasteiger charge is 2.25. The van der Waals surface area contributed by atoms with Gasteiger partial charge in [-0.15, -0.1) is 0 Å². The SMILES string of the molecule is N#Cc1cccc(C(=O)N2CCCN(Cc3ccncc3)C(c3ccccc3)CC(=O)NCC2)c1. The van der Waals surface area contributed by atoms with E-state index in [0.717, 1.165) is 24.1 Å². The molecular weight excluding hydrogens is 438 g/mol. The van der Waals surface area contributed by atoms with Crippen LogP contribution < -0.4 is 5.32 Å². The van der Waals surface area contributed by atoms with E-state index in [0.29, 0.717) is 43.7 Å². The van der Waals surface area contributed by atoms with E-state index >= 15 is 0 Å². The lowest BCUT2D eigenvalue weighted by Crippen LogP contribution is -2.39. The third kappa shape index (κ3) is 6.52. The zero-order chi connectivity index (χ0) is 24.5. The van der Waals surface area contributed by atoms with Crippen LogP contribution in [0.15, 0.2) is 79.1 Å². The van der Waals surface area contributed by atoms with Gasteiger partial charge in [0.25, 0.3) is 5.91 Å². The monoisotopic (exact) mass is 467 g/mol. The molecule has 1 aliphatic heterocycles. The van der Waals surface area contributed by atoms with Gasteiger partial charge >= 0.3 is 0 Å². The van der Waals surface area contributed by atoms with E-state index in [1.54, 1.807) is 41.6 Å². The average molecular weight is 468 g/mol. The smallest absolute Gasteiger partial charge is 0.253 e. The number of benzene rings is 2. The van der Waals surface area contributed by atoms with Gasteiger partial charge in [-0.1, -0.05) is 36.4 Å². The fraction of sp³-hybridized carbons (Fsp3) is 0.286. The summed E-state index contributed by atoms with van der Waals surface area (Å²) in [6.07, 6.45) is 4.66. The Morgan fingerprint density at radius 3 is 2.60 bits per heavy atom. The molecule has 1 N–H and O–H groups in total. The Morgan fingerprint density at radius 1 is 1.03 bits per heavy atom. The molecule has 0 spiro atoms. The first-order valence-corrected chi connectivity index (χ1v) is 11.9. The summed E-state index contributed by atoms with van der Waals surface area (Å²) in [6.45, 7) is 2.75. The summed E-state index contributed by atoms with van der Waals surface area (Å²) >= 11 is 0. The van der Waals surface area contributed by atoms with Gasteiger partial charge < -0.3 is 10.2 Å². The molecule has 35 heavy (non-hydrogen) atoms. The Labute approximate surface area is 206 Å². The molecule has 1 unspecified atom stereocenters. The summed E-state index contributed by atoms with van der Waals surface area (Å²) in [7, 11) is 0. The summed E-state index contributed by atoms with van der Waals surface area (Å²) in [5, 5.41) is 12.2. The standard InChI is InChI=1S/C28H29N5O2/c29-20-23-6-4-9-25(18-23)28(35)32-15-5-16-33(21-22-10-12-30-13-11-22)26(19-27(34)31-14-17-32)24-7-2-1-3-8-24/h1-4,6-13,18,26H,5,14-17,19,21H2,(H,31,34). The highest BCUT2D eigenvalue weighted by atomic mass is 16.2. The summed E-state index contributed by atoms with van der Waals surface area (Å²) in [5.41, 5.74) is 3.16. The van der Waals surface area contributed by atoms with Gasteiger partial charge in [-0.3, -0.25) is 19.5 Å². The number of aromatic nitrogens is 1. The second-order valence-electron chi connectivity index (χ2n) is 8.64. The fourth-order valence-corrected chi connectivity index (χ4v) is 4.46. The van der Waals surface area contributed by atoms with E-state index < -0.39 is 0 Å². The Bertz CT molecular complexity index is 1180. The molecule has 1 aromatic heterocycles. The first kappa shape index (κ1) is 24.1. The van der Waals surface area contributed by atoms with Gasteiger partial charge in [-0.25, -0.2) is 0 Å². The third-order valence-electron chi connectivity index (χ3n) is 6.24. The molecule has 2 amide bonds. The van der Waals surface area contributed by atoms with Crippen LogP contribution in [-0.4, -0.2) is 52.8 Å². The first-order valence-electron chi connectivity index (χ1n) is 11.9. The van der Waals surface area contributed by atoms with Gasteiger partial charge in [0.05, 0.1) is 11.6 Å². The van der Waals surface area contributed by atoms with E-state index in [4.69, 9.17) is 0 Å². The number of nitrogens with one attached hydrogen (secondary N) is 1. The third-order valence-corrected chi connectivity index (χ3v) is 6.24. The maximum absolute atomic E-state index is 13.2. The molecule has 178 valence electrons. The minimum Gasteiger partial charge on any atom is -0.354 e. The largest absolute Gasteiger partial charge is 0.354 e. The summed E-state index contributed by atoms with van der Waals surface area (Å²) in [4.78, 5) is 34.4. The molecule has 3 aromatic rings. The van der Waals surface area contributed by atoms with E-state index in [-0.39, 0.29) is 17.9 Å². The number of hydrogen-bond donors (Lipinski definition) is 1. The number of nitrogens with zero attached hydrogens (tertiary/aromatic N) is 4. The number of rotatable bonds is 4. The van der Waals surface area contributed by atoms with Crippen molar-refractivity contribution in [1.29, 1.82) is 5.26 Å². The predicted octanol–water partition coefficient (Wildman–Crippen LogP) is 3.55. The number of nitriles is 1. The van der Waals surface area contributed by atoms with Crippen molar-refractivity contribution in [3.63, 3.8) is 0 Å². The van der Waals surface area contributed by atoms with Crippen LogP contribution in [0.4, 0.5) is 0 Å². The van der Waals surface area contributed by atoms with E-state index in [2.05, 4.69) is 33.4 Å². The van der Waals surface area contributed by atoms with Crippen LogP contribution in [0.5, 0.6) is 0 Å². The molecule has 0 aliphatic carbocycles. The van der Waals surface area contributed by atoms with Crippen molar-refractivity contribution in [3.8, 4) is 6.07 Å². The van der Waals surface area contributed by atoms with E-state index in [1.165, 1.54) is 0 Å². The normalized spacial score (nSPS) is 17.6. The molecule has 1 atom stereocenters. The number of carbonyl (C=O) groups excluding carboxylic acids is 2. The lowest BCUT2D eigenvalue weighted by molar-refractivity contribution is -0.122. The van der Waals surface area contributed by atoms with Gasteiger partial charge in [0.1, 0.15) is 0 Å². The number of amides is 2. The van der Waals surface area contributed by atoms with Gasteiger partial charge in [0, 0.05) is 63.1 Å². The number of hydrogen-bond acceptors (Lipinski definition) is 5. The van der Waals surface area contributed by atoms with Crippen molar-refractivity contribution >= 4 is 11.8 Å². The van der Waals surface area contributed by atoms with Crippen LogP contribution in [-0.2, 0) is 11.3 Å². The van der Waals surface area contributed by atoms with Gasteiger partial charge in [0.15, 0.2) is 0 Å². The average Bonchev–Trinajstić information content (AvgIpc) is 2.94. The summed E-state index contributed by atoms with van der Waals surface area (Å²) in [6, 6.07) is 22.9. The first-order chi connectivity index (χ1) is 17.1. The molecule has 1 aliphatic rings. The molecule has 2 aromatic carbocycles. The molecule has 1 fully saturated rings. The maximum atomic E-state index is 13.2. The Kier molecular flexibility index (Phi) is 8.21. The molecule has 0 bridgehead atoms. The van der Waals surface area contributed by atoms with Crippen LogP contribution in [0.3, 0.4) is 0 Å². The molecule has 7 nitrogen and oxygen atoms in total. The molecule has 7 heteroatoms. The van der Waals surface area contributed by atoms with Gasteiger partial charge in [-0.05, 0) is 47.9 Å². The Balaban J connectivity index is 1.58. The van der Waals surface area contributed by atoms with Crippen LogP contribution in [0, 0.1) is 11.3 Å². The second-order valence-corrected chi connectivity index (χ2v) is 8.64. The molecule has 2 heterocycles. The molecular formula is C28H29N5O2. The second kappa shape index (κ2) is 11.9. The molecule has 0 radical (unpaired) electrons. The van der Waals surface area contributed by atoms with Crippen molar-refractivity contribution in [2.75, 3.05) is 26.2 Å². The highest BCUT2D eigenvalue weighted by molar-refractivity contribution is 5.94. The van der Waals surface area contributed by atoms with Crippen molar-refractivity contribution in [3.05, 3.63) is 101 Å². The number of pyridine rings is 1. The van der Waals surface area contributed by atoms with Crippen molar-refractivity contribution < 1.29 is 9.59 Å². The summed E-state index contributed by atoms with van der Waals surface area (Å²) in [5.74, 6) is -0.171. The van der Waals surface area contributed by atoms with Crippen LogP contribution in [0.25, 0.3) is 0 Å². The lowest BCUT2D eigenvalue weighted by Gasteiger charge is -2.32. The maximum Gasteiger partial charge on any atom is 0.253 e. The fourth-order valence-electron chi connectivity index (χ4n) is 4.46. The van der Waals surface area contributed by atoms with Gasteiger partial charge in [-0.2, -0.15) is 5.26 Å². The van der Waals surface area contributed by atoms with Crippen LogP contribution in [0.2, 0.25) is 0 Å². The Hall–Kier alpha value is -4.02. The van der Waals surface area contributed by atoms with E-state index in [9.17, 15) is 14.9 Å². The predicted molar refractivity (Wildman–Crippen MR) is 133 cm³/mol. The number of carbonyl (C=O) groups is 2.